The summed E-state index contributed by atoms with van der Waals surface area (Å²) in [6.07, 6.45) is 0. The molecule has 110 heavy (non-hydrogen) atoms. The van der Waals surface area contributed by atoms with Gasteiger partial charge in [0.25, 0.3) is 0 Å². The van der Waals surface area contributed by atoms with Gasteiger partial charge in [-0.05, 0) is 151 Å². The van der Waals surface area contributed by atoms with Gasteiger partial charge in [0.1, 0.15) is 11.2 Å². The molecule has 10 heterocycles. The zero-order valence-corrected chi connectivity index (χ0v) is 58.9. The summed E-state index contributed by atoms with van der Waals surface area (Å²) in [6.45, 7) is 0. The third-order valence-electron chi connectivity index (χ3n) is 24.9. The maximum absolute atomic E-state index is 7.81. The largest absolute Gasteiger partial charge is 0.456 e. The van der Waals surface area contributed by atoms with E-state index < -0.39 is 0 Å². The maximum Gasteiger partial charge on any atom is 0.136 e. The fraction of sp³-hybridized carbons (Fsp3) is 0. The van der Waals surface area contributed by atoms with Crippen LogP contribution in [0.3, 0.4) is 0 Å². The zero-order valence-electron chi connectivity index (χ0n) is 58.9. The topological polar surface area (TPSA) is 46.6 Å². The number of aromatic nitrogens is 7. The molecule has 10 aromatic heterocycles. The fourth-order valence-electron chi connectivity index (χ4n) is 20.8. The van der Waals surface area contributed by atoms with Crippen LogP contribution in [-0.2, 0) is 0 Å². The Morgan fingerprint density at radius 3 is 1.01 bits per heavy atom. The Balaban J connectivity index is 0.829. The molecule has 0 fully saturated rings. The van der Waals surface area contributed by atoms with Gasteiger partial charge in [-0.1, -0.05) is 206 Å². The molecule has 0 spiro atoms. The quantitative estimate of drug-likeness (QED) is 0.164. The predicted octanol–water partition coefficient (Wildman–Crippen LogP) is 27.0. The Bertz CT molecular complexity index is 8740. The van der Waals surface area contributed by atoms with Crippen molar-refractivity contribution in [3.63, 3.8) is 0 Å². The van der Waals surface area contributed by atoms with Crippen LogP contribution in [0, 0.1) is 0 Å². The van der Waals surface area contributed by atoms with E-state index in [0.717, 1.165) is 111 Å². The third kappa shape index (κ3) is 7.00. The van der Waals surface area contributed by atoms with Crippen molar-refractivity contribution in [3.8, 4) is 39.6 Å². The molecule has 0 aliphatic heterocycles. The number of para-hydroxylation sites is 10. The number of hydrogen-bond acceptors (Lipinski definition) is 1. The van der Waals surface area contributed by atoms with E-state index in [4.69, 9.17) is 4.42 Å². The van der Waals surface area contributed by atoms with E-state index in [2.05, 4.69) is 377 Å². The van der Waals surface area contributed by atoms with E-state index in [1.165, 1.54) is 136 Å². The minimum Gasteiger partial charge on any atom is -0.456 e. The van der Waals surface area contributed by atoms with Gasteiger partial charge in [-0.15, -0.1) is 0 Å². The lowest BCUT2D eigenvalue weighted by atomic mass is 9.94. The molecule has 8 heteroatoms. The van der Waals surface area contributed by atoms with E-state index in [1.807, 2.05) is 0 Å². The van der Waals surface area contributed by atoms with Crippen LogP contribution in [0.4, 0.5) is 0 Å². The molecule has 8 nitrogen and oxygen atoms in total. The van der Waals surface area contributed by atoms with Crippen molar-refractivity contribution in [3.05, 3.63) is 346 Å². The van der Waals surface area contributed by atoms with Gasteiger partial charge in [0.2, 0.25) is 0 Å². The van der Waals surface area contributed by atoms with Gasteiger partial charge < -0.3 is 36.1 Å². The summed E-state index contributed by atoms with van der Waals surface area (Å²) in [5, 5.41) is 23.9. The standard InChI is InChI=1S/C102H57N7O/c1-6-26-59(27-7-1)103-79-44-24-20-40-71(79)89-84(103)56-74-90-82(52-49-67-64-36-16-21-41-76(64)104(97(67)90)60-28-8-2-9-29-60)109-85-55-73(88-70-39-19-25-45-80(70)107(63-34-14-5-15-35-63)102(88)94(85)95(89)100(74)109)58-46-47-72-86(54-58)110-87-57-75-91-81(51-48-68-65-37-17-22-42-77(65)105(98(68)91)61-30-10-3-11-31-61)108-83-53-50-69-66-38-18-23-43-78(66)106(62-32-12-4-13-33-62)99(69)93(83)96(92(72)87)101(75)108/h1-57H. The van der Waals surface area contributed by atoms with E-state index in [1.54, 1.807) is 0 Å². The minimum absolute atomic E-state index is 0.828. The van der Waals surface area contributed by atoms with Crippen LogP contribution >= 0.6 is 0 Å². The van der Waals surface area contributed by atoms with Gasteiger partial charge in [-0.3, -0.25) is 0 Å². The van der Waals surface area contributed by atoms with Crippen LogP contribution in [0.25, 0.3) is 247 Å². The van der Waals surface area contributed by atoms with E-state index >= 15 is 0 Å². The first-order valence-corrected chi connectivity index (χ1v) is 38.0. The molecule has 0 amide bonds. The van der Waals surface area contributed by atoms with E-state index in [-0.39, 0.29) is 0 Å². The van der Waals surface area contributed by atoms with Crippen LogP contribution in [0.5, 0.6) is 0 Å². The molecule has 0 bridgehead atoms. The van der Waals surface area contributed by atoms with Crippen LogP contribution in [0.1, 0.15) is 0 Å². The summed E-state index contributed by atoms with van der Waals surface area (Å²) < 4.78 is 25.7. The lowest BCUT2D eigenvalue weighted by Crippen LogP contribution is -1.95. The summed E-state index contributed by atoms with van der Waals surface area (Å²) in [5.74, 6) is 0. The van der Waals surface area contributed by atoms with Gasteiger partial charge in [0, 0.05) is 136 Å². The van der Waals surface area contributed by atoms with Gasteiger partial charge in [0.15, 0.2) is 0 Å². The molecule has 0 saturated heterocycles. The average molecular weight is 1400 g/mol. The van der Waals surface area contributed by atoms with Crippen LogP contribution in [-0.4, -0.2) is 31.6 Å². The molecule has 0 N–H and O–H groups in total. The van der Waals surface area contributed by atoms with Crippen molar-refractivity contribution in [2.45, 2.75) is 0 Å². The number of fused-ring (bicyclic) bond motifs is 36. The molecule has 0 aliphatic rings. The van der Waals surface area contributed by atoms with Crippen molar-refractivity contribution < 1.29 is 4.42 Å². The Kier molecular flexibility index (Phi) is 10.8. The highest BCUT2D eigenvalue weighted by Gasteiger charge is 2.34. The SMILES string of the molecule is c1ccc(-n2c3ccccc3c3c4c5c6c(c(-c7ccc8c(c7)oc7cc9c%10c%11c(ccc%10n%10c%12ccc%13c%14ccccc%14n(-c%14ccccc%14)c%13c%12c(c78)c9%10)c7ccccc7n%11-c7ccccc7)cc5n5c7ccc8c9ccccc9n(-c9ccccc9)c8c7c(cc32)c45)c2ccccc2n6-c2ccccc2)cc1. The van der Waals surface area contributed by atoms with Crippen LogP contribution in [0.15, 0.2) is 350 Å². The highest BCUT2D eigenvalue weighted by atomic mass is 16.3. The Morgan fingerprint density at radius 2 is 0.518 bits per heavy atom. The Labute approximate surface area is 624 Å². The lowest BCUT2D eigenvalue weighted by Gasteiger charge is -2.13. The summed E-state index contributed by atoms with van der Waals surface area (Å²) in [7, 11) is 0. The minimum atomic E-state index is 0.828. The second-order valence-electron chi connectivity index (χ2n) is 30.1. The Morgan fingerprint density at radius 1 is 0.164 bits per heavy atom. The smallest absolute Gasteiger partial charge is 0.136 e. The molecule has 506 valence electrons. The average Bonchev–Trinajstić information content (AvgIpc) is 1.50. The summed E-state index contributed by atoms with van der Waals surface area (Å²) >= 11 is 0. The number of hydrogen-bond donors (Lipinski definition) is 0. The highest BCUT2D eigenvalue weighted by molar-refractivity contribution is 6.44. The van der Waals surface area contributed by atoms with Gasteiger partial charge >= 0.3 is 0 Å². The molecule has 0 aliphatic carbocycles. The summed E-state index contributed by atoms with van der Waals surface area (Å²) in [4.78, 5) is 0. The van der Waals surface area contributed by atoms with Crippen molar-refractivity contribution in [1.82, 2.24) is 31.6 Å². The first-order chi connectivity index (χ1) is 54.7. The number of nitrogens with zero attached hydrogens (tertiary/aromatic N) is 7. The van der Waals surface area contributed by atoms with Crippen LogP contribution < -0.4 is 0 Å². The van der Waals surface area contributed by atoms with Gasteiger partial charge in [-0.2, -0.15) is 0 Å². The molecular weight excluding hydrogens is 1340 g/mol. The zero-order chi connectivity index (χ0) is 71.0. The molecule has 27 aromatic rings. The van der Waals surface area contributed by atoms with Gasteiger partial charge in [-0.25, -0.2) is 0 Å². The second kappa shape index (κ2) is 20.6. The molecule has 0 atom stereocenters. The number of furan rings is 1. The first kappa shape index (κ1) is 57.5. The Hall–Kier alpha value is -14.9. The fourth-order valence-corrected chi connectivity index (χ4v) is 20.8. The third-order valence-corrected chi connectivity index (χ3v) is 24.9. The predicted molar refractivity (Wildman–Crippen MR) is 460 cm³/mol. The second-order valence-corrected chi connectivity index (χ2v) is 30.1. The number of rotatable bonds is 6. The molecular formula is C102H57N7O. The molecule has 17 aromatic carbocycles. The van der Waals surface area contributed by atoms with Gasteiger partial charge in [0.05, 0.1) is 88.3 Å². The molecule has 0 radical (unpaired) electrons. The lowest BCUT2D eigenvalue weighted by molar-refractivity contribution is 0.670. The summed E-state index contributed by atoms with van der Waals surface area (Å²) in [6, 6.07) is 129. The van der Waals surface area contributed by atoms with E-state index in [9.17, 15) is 0 Å². The monoisotopic (exact) mass is 1400 g/mol. The molecule has 27 rings (SSSR count). The number of benzene rings is 17. The van der Waals surface area contributed by atoms with Crippen LogP contribution in [0.2, 0.25) is 0 Å². The first-order valence-electron chi connectivity index (χ1n) is 38.0. The highest BCUT2D eigenvalue weighted by Crippen LogP contribution is 2.56. The van der Waals surface area contributed by atoms with Crippen molar-refractivity contribution >= 4 is 207 Å². The van der Waals surface area contributed by atoms with E-state index in [0.29, 0.717) is 0 Å². The maximum atomic E-state index is 7.81. The molecule has 0 unspecified atom stereocenters. The van der Waals surface area contributed by atoms with Crippen molar-refractivity contribution in [2.24, 2.45) is 0 Å². The van der Waals surface area contributed by atoms with Crippen molar-refractivity contribution in [2.75, 3.05) is 0 Å². The summed E-state index contributed by atoms with van der Waals surface area (Å²) in [5.41, 5.74) is 28.1. The molecule has 0 saturated carbocycles. The normalized spacial score (nSPS) is 12.7. The van der Waals surface area contributed by atoms with Crippen molar-refractivity contribution in [1.29, 1.82) is 0 Å².